The summed E-state index contributed by atoms with van der Waals surface area (Å²) in [6, 6.07) is 3.47. The fraction of sp³-hybridized carbons (Fsp3) is 0.647. The molecule has 1 N–H and O–H groups in total. The third kappa shape index (κ3) is 2.56. The predicted molar refractivity (Wildman–Crippen MR) is 85.1 cm³/mol. The van der Waals surface area contributed by atoms with E-state index < -0.39 is 5.60 Å². The van der Waals surface area contributed by atoms with E-state index in [0.717, 1.165) is 25.7 Å². The summed E-state index contributed by atoms with van der Waals surface area (Å²) in [6.45, 7) is 3.23. The van der Waals surface area contributed by atoms with Crippen molar-refractivity contribution < 1.29 is 14.3 Å². The van der Waals surface area contributed by atoms with E-state index >= 15 is 0 Å². The lowest BCUT2D eigenvalue weighted by atomic mass is 9.74. The first-order chi connectivity index (χ1) is 11.6. The molecule has 2 amide bonds. The molecule has 1 saturated carbocycles. The molecule has 2 unspecified atom stereocenters. The molecule has 2 atom stereocenters. The van der Waals surface area contributed by atoms with Crippen molar-refractivity contribution in [2.24, 2.45) is 5.92 Å². The number of fused-ring (bicyclic) bond motifs is 1. The Balaban J connectivity index is 1.41. The van der Waals surface area contributed by atoms with Crippen molar-refractivity contribution in [2.75, 3.05) is 13.2 Å². The zero-order valence-electron chi connectivity index (χ0n) is 13.8. The molecule has 0 spiro atoms. The molecule has 4 aliphatic rings. The first-order valence-electron chi connectivity index (χ1n) is 8.61. The number of carbonyl (C=O) groups excluding carboxylic acids is 2. The Labute approximate surface area is 140 Å². The fourth-order valence-electron chi connectivity index (χ4n) is 4.02. The summed E-state index contributed by atoms with van der Waals surface area (Å²) in [4.78, 5) is 27.0. The lowest BCUT2D eigenvalue weighted by Gasteiger charge is -2.40. The van der Waals surface area contributed by atoms with E-state index in [0.29, 0.717) is 24.8 Å². The van der Waals surface area contributed by atoms with Crippen molar-refractivity contribution in [1.82, 2.24) is 20.4 Å². The van der Waals surface area contributed by atoms with Crippen molar-refractivity contribution in [1.29, 1.82) is 0 Å². The summed E-state index contributed by atoms with van der Waals surface area (Å²) in [5.74, 6) is 0.410. The molecule has 4 heterocycles. The number of likely N-dealkylation sites (tertiary alicyclic amines) is 1. The van der Waals surface area contributed by atoms with Crippen LogP contribution < -0.4 is 5.32 Å². The van der Waals surface area contributed by atoms with Crippen LogP contribution >= 0.6 is 0 Å². The van der Waals surface area contributed by atoms with Crippen LogP contribution in [0.15, 0.2) is 18.3 Å². The largest absolute Gasteiger partial charge is 0.365 e. The molecule has 128 valence electrons. The summed E-state index contributed by atoms with van der Waals surface area (Å²) < 4.78 is 5.67. The molecule has 0 aromatic carbocycles. The average molecular weight is 330 g/mol. The second-order valence-corrected chi connectivity index (χ2v) is 7.24. The standard InChI is InChI=1S/C17H22N4O3/c1-11-4-5-13(19-16(23)17-7-12(8-17)10-24-17)9-21(11)15(22)14-3-2-6-18-20-14/h2-3,6,11-13H,4-5,7-10H2,1H3,(H,19,23). The van der Waals surface area contributed by atoms with E-state index in [9.17, 15) is 9.59 Å². The molecule has 3 aliphatic heterocycles. The lowest BCUT2D eigenvalue weighted by molar-refractivity contribution is -0.144. The molecule has 0 radical (unpaired) electrons. The highest BCUT2D eigenvalue weighted by atomic mass is 16.5. The van der Waals surface area contributed by atoms with Gasteiger partial charge >= 0.3 is 0 Å². The maximum Gasteiger partial charge on any atom is 0.274 e. The number of hydrogen-bond donors (Lipinski definition) is 1. The number of ether oxygens (including phenoxy) is 1. The van der Waals surface area contributed by atoms with Crippen LogP contribution in [0.25, 0.3) is 0 Å². The molecular formula is C17H22N4O3. The van der Waals surface area contributed by atoms with Gasteiger partial charge in [0.25, 0.3) is 11.8 Å². The number of amides is 2. The molecular weight excluding hydrogens is 308 g/mol. The maximum atomic E-state index is 12.7. The molecule has 7 heteroatoms. The van der Waals surface area contributed by atoms with E-state index in [2.05, 4.69) is 15.5 Å². The van der Waals surface area contributed by atoms with Gasteiger partial charge in [-0.05, 0) is 50.7 Å². The summed E-state index contributed by atoms with van der Waals surface area (Å²) in [5, 5.41) is 10.8. The average Bonchev–Trinajstić information content (AvgIpc) is 3.18. The quantitative estimate of drug-likeness (QED) is 0.885. The minimum Gasteiger partial charge on any atom is -0.365 e. The molecule has 2 bridgehead atoms. The van der Waals surface area contributed by atoms with Gasteiger partial charge in [0.15, 0.2) is 5.69 Å². The van der Waals surface area contributed by atoms with Gasteiger partial charge in [-0.25, -0.2) is 0 Å². The molecule has 4 fully saturated rings. The van der Waals surface area contributed by atoms with Crippen LogP contribution in [0.3, 0.4) is 0 Å². The SMILES string of the molecule is CC1CCC(NC(=O)C23CC(CO2)C3)CN1C(=O)c1cccnn1. The molecule has 1 aromatic heterocycles. The Morgan fingerprint density at radius 3 is 2.88 bits per heavy atom. The van der Waals surface area contributed by atoms with Gasteiger partial charge < -0.3 is 15.0 Å². The van der Waals surface area contributed by atoms with Gasteiger partial charge in [0.1, 0.15) is 5.60 Å². The Bertz CT molecular complexity index is 639. The van der Waals surface area contributed by atoms with Crippen LogP contribution in [0, 0.1) is 5.92 Å². The van der Waals surface area contributed by atoms with Crippen molar-refractivity contribution in [2.45, 2.75) is 50.3 Å². The monoisotopic (exact) mass is 330 g/mol. The van der Waals surface area contributed by atoms with Crippen LogP contribution in [-0.4, -0.2) is 57.7 Å². The van der Waals surface area contributed by atoms with Gasteiger partial charge in [-0.1, -0.05) is 0 Å². The van der Waals surface area contributed by atoms with Crippen molar-refractivity contribution >= 4 is 11.8 Å². The molecule has 3 saturated heterocycles. The first-order valence-corrected chi connectivity index (χ1v) is 8.61. The Morgan fingerprint density at radius 2 is 2.21 bits per heavy atom. The highest BCUT2D eigenvalue weighted by Gasteiger charge is 2.57. The third-order valence-electron chi connectivity index (χ3n) is 5.52. The van der Waals surface area contributed by atoms with Crippen molar-refractivity contribution in [3.63, 3.8) is 0 Å². The minimum absolute atomic E-state index is 0.0114. The highest BCUT2D eigenvalue weighted by molar-refractivity contribution is 5.92. The van der Waals surface area contributed by atoms with Gasteiger partial charge in [-0.15, -0.1) is 5.10 Å². The number of rotatable bonds is 3. The fourth-order valence-corrected chi connectivity index (χ4v) is 4.02. The second-order valence-electron chi connectivity index (χ2n) is 7.24. The number of nitrogens with one attached hydrogen (secondary N) is 1. The Morgan fingerprint density at radius 1 is 1.38 bits per heavy atom. The predicted octanol–water partition coefficient (Wildman–Crippen LogP) is 0.765. The molecule has 1 aliphatic carbocycles. The van der Waals surface area contributed by atoms with Gasteiger partial charge in [-0.3, -0.25) is 9.59 Å². The van der Waals surface area contributed by atoms with Crippen LogP contribution in [0.4, 0.5) is 0 Å². The van der Waals surface area contributed by atoms with Crippen LogP contribution in [0.2, 0.25) is 0 Å². The van der Waals surface area contributed by atoms with Crippen LogP contribution in [0.5, 0.6) is 0 Å². The van der Waals surface area contributed by atoms with Crippen molar-refractivity contribution in [3.05, 3.63) is 24.0 Å². The summed E-state index contributed by atoms with van der Waals surface area (Å²) in [7, 11) is 0. The lowest BCUT2D eigenvalue weighted by Crippen LogP contribution is -2.58. The number of aromatic nitrogens is 2. The van der Waals surface area contributed by atoms with Gasteiger partial charge in [0.2, 0.25) is 0 Å². The van der Waals surface area contributed by atoms with E-state index in [1.54, 1.807) is 23.2 Å². The van der Waals surface area contributed by atoms with E-state index in [1.807, 2.05) is 6.92 Å². The molecule has 1 aromatic rings. The zero-order valence-corrected chi connectivity index (χ0v) is 13.8. The second kappa shape index (κ2) is 5.81. The Kier molecular flexibility index (Phi) is 3.75. The molecule has 5 rings (SSSR count). The molecule has 24 heavy (non-hydrogen) atoms. The summed E-state index contributed by atoms with van der Waals surface area (Å²) in [6.07, 6.45) is 4.95. The smallest absolute Gasteiger partial charge is 0.274 e. The highest BCUT2D eigenvalue weighted by Crippen LogP contribution is 2.48. The normalized spacial score (nSPS) is 34.5. The van der Waals surface area contributed by atoms with Crippen LogP contribution in [-0.2, 0) is 9.53 Å². The maximum absolute atomic E-state index is 12.7. The van der Waals surface area contributed by atoms with Crippen LogP contribution in [0.1, 0.15) is 43.1 Å². The number of hydrogen-bond acceptors (Lipinski definition) is 5. The topological polar surface area (TPSA) is 84.4 Å². The summed E-state index contributed by atoms with van der Waals surface area (Å²) in [5.41, 5.74) is -0.246. The number of piperidine rings is 1. The Hall–Kier alpha value is -2.02. The molecule has 7 nitrogen and oxygen atoms in total. The third-order valence-corrected chi connectivity index (χ3v) is 5.52. The zero-order chi connectivity index (χ0) is 16.7. The summed E-state index contributed by atoms with van der Waals surface area (Å²) >= 11 is 0. The van der Waals surface area contributed by atoms with Gasteiger partial charge in [-0.2, -0.15) is 5.10 Å². The van der Waals surface area contributed by atoms with Crippen molar-refractivity contribution in [3.8, 4) is 0 Å². The van der Waals surface area contributed by atoms with Gasteiger partial charge in [0.05, 0.1) is 6.61 Å². The minimum atomic E-state index is -0.590. The van der Waals surface area contributed by atoms with E-state index in [-0.39, 0.29) is 23.9 Å². The number of nitrogens with zero attached hydrogens (tertiary/aromatic N) is 3. The van der Waals surface area contributed by atoms with E-state index in [4.69, 9.17) is 4.74 Å². The first kappa shape index (κ1) is 15.5. The van der Waals surface area contributed by atoms with E-state index in [1.165, 1.54) is 0 Å². The number of carbonyl (C=O) groups is 2. The van der Waals surface area contributed by atoms with Gasteiger partial charge in [0, 0.05) is 24.8 Å².